The summed E-state index contributed by atoms with van der Waals surface area (Å²) < 4.78 is 16.7. The first kappa shape index (κ1) is 22.9. The van der Waals surface area contributed by atoms with Crippen molar-refractivity contribution in [1.82, 2.24) is 4.90 Å². The number of aliphatic imine (C=N–C) groups is 1. The van der Waals surface area contributed by atoms with Gasteiger partial charge in [-0.3, -0.25) is 9.69 Å². The molecule has 0 aliphatic carbocycles. The van der Waals surface area contributed by atoms with Crippen LogP contribution in [0.4, 0.5) is 0 Å². The number of carbonyl (C=O) groups excluding carboxylic acids is 2. The van der Waals surface area contributed by atoms with Gasteiger partial charge in [0.15, 0.2) is 16.7 Å². The zero-order valence-electron chi connectivity index (χ0n) is 18.5. The lowest BCUT2D eigenvalue weighted by molar-refractivity contribution is -0.141. The fraction of sp³-hybridized carbons (Fsp3) is 0.435. The summed E-state index contributed by atoms with van der Waals surface area (Å²) in [5.41, 5.74) is 1.62. The van der Waals surface area contributed by atoms with Crippen LogP contribution in [-0.4, -0.2) is 47.5 Å². The number of allylic oxidation sites excluding steroid dienone is 1. The van der Waals surface area contributed by atoms with E-state index in [4.69, 9.17) is 14.2 Å². The highest BCUT2D eigenvalue weighted by Gasteiger charge is 2.46. The average Bonchev–Trinajstić information content (AvgIpc) is 3.02. The summed E-state index contributed by atoms with van der Waals surface area (Å²) in [6.07, 6.45) is 1.65. The van der Waals surface area contributed by atoms with Gasteiger partial charge >= 0.3 is 5.97 Å². The Morgan fingerprint density at radius 3 is 2.74 bits per heavy atom. The van der Waals surface area contributed by atoms with Gasteiger partial charge < -0.3 is 14.2 Å². The van der Waals surface area contributed by atoms with Crippen molar-refractivity contribution in [2.75, 3.05) is 20.3 Å². The van der Waals surface area contributed by atoms with Gasteiger partial charge in [0.05, 0.1) is 36.3 Å². The van der Waals surface area contributed by atoms with E-state index in [1.54, 1.807) is 37.1 Å². The van der Waals surface area contributed by atoms with Crippen LogP contribution < -0.4 is 9.47 Å². The maximum Gasteiger partial charge on any atom is 0.338 e. The highest BCUT2D eigenvalue weighted by molar-refractivity contribution is 8.15. The van der Waals surface area contributed by atoms with Gasteiger partial charge in [-0.2, -0.15) is 0 Å². The number of thioether (sulfide) groups is 1. The van der Waals surface area contributed by atoms with Gasteiger partial charge in [-0.1, -0.05) is 44.3 Å². The number of ether oxygens (including phenoxy) is 3. The van der Waals surface area contributed by atoms with E-state index in [0.29, 0.717) is 40.1 Å². The molecule has 2 aliphatic rings. The Morgan fingerprint density at radius 1 is 1.35 bits per heavy atom. The van der Waals surface area contributed by atoms with Gasteiger partial charge in [0.2, 0.25) is 5.91 Å². The number of benzene rings is 1. The molecular weight excluding hydrogens is 416 g/mol. The molecule has 1 aromatic rings. The molecule has 31 heavy (non-hydrogen) atoms. The summed E-state index contributed by atoms with van der Waals surface area (Å²) >= 11 is 1.39. The molecule has 2 aliphatic heterocycles. The Kier molecular flexibility index (Phi) is 7.10. The maximum absolute atomic E-state index is 13.1. The van der Waals surface area contributed by atoms with Crippen molar-refractivity contribution in [3.05, 3.63) is 47.7 Å². The zero-order valence-corrected chi connectivity index (χ0v) is 19.3. The van der Waals surface area contributed by atoms with Crippen LogP contribution in [0, 0.1) is 5.92 Å². The van der Waals surface area contributed by atoms with Crippen molar-refractivity contribution in [2.45, 2.75) is 39.0 Å². The lowest BCUT2D eigenvalue weighted by Gasteiger charge is -2.33. The van der Waals surface area contributed by atoms with Crippen LogP contribution in [-0.2, 0) is 14.3 Å². The number of fused-ring (bicyclic) bond motifs is 1. The summed E-state index contributed by atoms with van der Waals surface area (Å²) in [7, 11) is 1.55. The Labute approximate surface area is 187 Å². The Balaban J connectivity index is 2.08. The van der Waals surface area contributed by atoms with E-state index in [-0.39, 0.29) is 23.7 Å². The number of esters is 1. The van der Waals surface area contributed by atoms with E-state index in [1.807, 2.05) is 26.8 Å². The Bertz CT molecular complexity index is 953. The maximum atomic E-state index is 13.1. The van der Waals surface area contributed by atoms with Crippen molar-refractivity contribution < 1.29 is 23.8 Å². The summed E-state index contributed by atoms with van der Waals surface area (Å²) in [6.45, 7) is 11.8. The number of rotatable bonds is 8. The van der Waals surface area contributed by atoms with Crippen molar-refractivity contribution in [3.8, 4) is 11.5 Å². The van der Waals surface area contributed by atoms with Crippen LogP contribution >= 0.6 is 11.8 Å². The first-order chi connectivity index (χ1) is 14.8. The van der Waals surface area contributed by atoms with E-state index in [0.717, 1.165) is 0 Å². The van der Waals surface area contributed by atoms with Crippen molar-refractivity contribution in [1.29, 1.82) is 0 Å². The van der Waals surface area contributed by atoms with Gasteiger partial charge in [0.25, 0.3) is 0 Å². The van der Waals surface area contributed by atoms with E-state index in [2.05, 4.69) is 11.6 Å². The van der Waals surface area contributed by atoms with Crippen LogP contribution in [0.3, 0.4) is 0 Å². The average molecular weight is 445 g/mol. The lowest BCUT2D eigenvalue weighted by Crippen LogP contribution is -2.40. The van der Waals surface area contributed by atoms with Crippen molar-refractivity contribution in [2.24, 2.45) is 10.9 Å². The predicted molar refractivity (Wildman–Crippen MR) is 121 cm³/mol. The zero-order chi connectivity index (χ0) is 22.7. The van der Waals surface area contributed by atoms with E-state index < -0.39 is 12.0 Å². The molecule has 0 spiro atoms. The monoisotopic (exact) mass is 444 g/mol. The number of hydrogen-bond acceptors (Lipinski definition) is 7. The number of hydrogen-bond donors (Lipinski definition) is 0. The highest BCUT2D eigenvalue weighted by atomic mass is 32.2. The normalized spacial score (nSPS) is 20.5. The first-order valence-electron chi connectivity index (χ1n) is 10.2. The molecule has 1 aromatic carbocycles. The molecule has 0 aromatic heterocycles. The number of amides is 1. The van der Waals surface area contributed by atoms with Crippen LogP contribution in [0.15, 0.2) is 47.1 Å². The van der Waals surface area contributed by atoms with Gasteiger partial charge in [-0.15, -0.1) is 0 Å². The molecule has 2 unspecified atom stereocenters. The second kappa shape index (κ2) is 9.60. The first-order valence-corrected chi connectivity index (χ1v) is 11.0. The molecule has 3 rings (SSSR count). The second-order valence-electron chi connectivity index (χ2n) is 7.77. The highest BCUT2D eigenvalue weighted by Crippen LogP contribution is 2.44. The molecule has 1 amide bonds. The SMILES string of the molecule is C=CCOc1ccc(C2C(C(=O)OCC(C)C)=C(C)N=C3SC(C)C(=O)N32)cc1OC. The molecule has 0 radical (unpaired) electrons. The lowest BCUT2D eigenvalue weighted by atomic mass is 9.94. The number of nitrogens with zero attached hydrogens (tertiary/aromatic N) is 2. The largest absolute Gasteiger partial charge is 0.493 e. The second-order valence-corrected chi connectivity index (χ2v) is 9.07. The molecule has 0 saturated carbocycles. The van der Waals surface area contributed by atoms with E-state index in [9.17, 15) is 9.59 Å². The van der Waals surface area contributed by atoms with E-state index >= 15 is 0 Å². The quantitative estimate of drug-likeness (QED) is 0.444. The van der Waals surface area contributed by atoms with Crippen LogP contribution in [0.25, 0.3) is 0 Å². The number of methoxy groups -OCH3 is 1. The van der Waals surface area contributed by atoms with Gasteiger partial charge in [0.1, 0.15) is 6.61 Å². The summed E-state index contributed by atoms with van der Waals surface area (Å²) in [6, 6.07) is 4.74. The molecule has 1 fully saturated rings. The molecular formula is C23H28N2O5S. The van der Waals surface area contributed by atoms with Gasteiger partial charge in [-0.05, 0) is 37.5 Å². The summed E-state index contributed by atoms with van der Waals surface area (Å²) in [5, 5.41) is 0.309. The van der Waals surface area contributed by atoms with Crippen LogP contribution in [0.5, 0.6) is 11.5 Å². The third-order valence-corrected chi connectivity index (χ3v) is 5.94. The Hall–Kier alpha value is -2.74. The molecule has 2 heterocycles. The summed E-state index contributed by atoms with van der Waals surface area (Å²) in [5.74, 6) is 0.680. The minimum absolute atomic E-state index is 0.0960. The third-order valence-electron chi connectivity index (χ3n) is 4.89. The predicted octanol–water partition coefficient (Wildman–Crippen LogP) is 4.11. The molecule has 8 heteroatoms. The molecule has 0 bridgehead atoms. The van der Waals surface area contributed by atoms with E-state index in [1.165, 1.54) is 11.8 Å². The van der Waals surface area contributed by atoms with Crippen molar-refractivity contribution >= 4 is 28.8 Å². The fourth-order valence-corrected chi connectivity index (χ4v) is 4.45. The minimum atomic E-state index is -0.653. The van der Waals surface area contributed by atoms with Crippen LogP contribution in [0.1, 0.15) is 39.3 Å². The molecule has 2 atom stereocenters. The number of carbonyl (C=O) groups is 2. The number of amidine groups is 1. The molecule has 1 saturated heterocycles. The van der Waals surface area contributed by atoms with Gasteiger partial charge in [0, 0.05) is 0 Å². The standard InChI is InChI=1S/C23H28N2O5S/c1-7-10-29-17-9-8-16(11-18(17)28-6)20-19(22(27)30-12-13(2)3)14(4)24-23-25(20)21(26)15(5)31-23/h7-9,11,13,15,20H,1,10,12H2,2-6H3. The Morgan fingerprint density at radius 2 is 2.10 bits per heavy atom. The fourth-order valence-electron chi connectivity index (χ4n) is 3.42. The molecule has 7 nitrogen and oxygen atoms in total. The van der Waals surface area contributed by atoms with Crippen molar-refractivity contribution in [3.63, 3.8) is 0 Å². The topological polar surface area (TPSA) is 77.4 Å². The smallest absolute Gasteiger partial charge is 0.338 e. The third kappa shape index (κ3) is 4.63. The van der Waals surface area contributed by atoms with Crippen LogP contribution in [0.2, 0.25) is 0 Å². The minimum Gasteiger partial charge on any atom is -0.493 e. The molecule has 166 valence electrons. The summed E-state index contributed by atoms with van der Waals surface area (Å²) in [4.78, 5) is 32.2. The van der Waals surface area contributed by atoms with Gasteiger partial charge in [-0.25, -0.2) is 9.79 Å². The molecule has 0 N–H and O–H groups in total.